The smallest absolute Gasteiger partial charge is 0.253 e. The van der Waals surface area contributed by atoms with Crippen molar-refractivity contribution in [1.82, 2.24) is 9.80 Å². The predicted octanol–water partition coefficient (Wildman–Crippen LogP) is 2.07. The van der Waals surface area contributed by atoms with Crippen LogP contribution >= 0.6 is 0 Å². The highest BCUT2D eigenvalue weighted by atomic mass is 19.2. The summed E-state index contributed by atoms with van der Waals surface area (Å²) in [5, 5.41) is 0. The van der Waals surface area contributed by atoms with E-state index in [1.54, 1.807) is 16.9 Å². The van der Waals surface area contributed by atoms with Gasteiger partial charge in [-0.05, 0) is 37.5 Å². The number of nitrogens with zero attached hydrogens (tertiary/aromatic N) is 2. The number of likely N-dealkylation sites (tertiary alicyclic amines) is 2. The Hall–Kier alpha value is -2.02. The van der Waals surface area contributed by atoms with Gasteiger partial charge in [-0.15, -0.1) is 0 Å². The van der Waals surface area contributed by atoms with E-state index < -0.39 is 17.0 Å². The summed E-state index contributed by atoms with van der Waals surface area (Å²) in [6.45, 7) is 2.52. The zero-order valence-electron chi connectivity index (χ0n) is 14.3. The van der Waals surface area contributed by atoms with Gasteiger partial charge in [0, 0.05) is 38.9 Å². The first-order valence-corrected chi connectivity index (χ1v) is 8.49. The van der Waals surface area contributed by atoms with Crippen LogP contribution in [0.5, 0.6) is 0 Å². The number of amides is 2. The molecular formula is C18H22F2N2O3. The molecule has 0 aliphatic carbocycles. The van der Waals surface area contributed by atoms with Gasteiger partial charge in [0.25, 0.3) is 5.91 Å². The molecule has 0 N–H and O–H groups in total. The van der Waals surface area contributed by atoms with Crippen LogP contribution in [-0.2, 0) is 9.53 Å². The summed E-state index contributed by atoms with van der Waals surface area (Å²) in [6, 6.07) is 3.14. The Labute approximate surface area is 145 Å². The lowest BCUT2D eigenvalue weighted by atomic mass is 9.78. The van der Waals surface area contributed by atoms with E-state index in [1.165, 1.54) is 6.07 Å². The molecular weight excluding hydrogens is 330 g/mol. The number of hydrogen-bond acceptors (Lipinski definition) is 3. The van der Waals surface area contributed by atoms with Crippen LogP contribution in [0.4, 0.5) is 8.78 Å². The third-order valence-electron chi connectivity index (χ3n) is 5.20. The van der Waals surface area contributed by atoms with Crippen molar-refractivity contribution in [2.45, 2.75) is 19.3 Å². The van der Waals surface area contributed by atoms with Gasteiger partial charge < -0.3 is 14.5 Å². The summed E-state index contributed by atoms with van der Waals surface area (Å²) in [5.74, 6) is -2.32. The molecule has 5 nitrogen and oxygen atoms in total. The fourth-order valence-electron chi connectivity index (χ4n) is 3.80. The minimum atomic E-state index is -1.04. The molecule has 1 spiro atoms. The van der Waals surface area contributed by atoms with E-state index in [2.05, 4.69) is 0 Å². The fraction of sp³-hybridized carbons (Fsp3) is 0.556. The highest BCUT2D eigenvalue weighted by Gasteiger charge is 2.49. The molecule has 2 fully saturated rings. The Morgan fingerprint density at radius 1 is 1.24 bits per heavy atom. The molecule has 7 heteroatoms. The Kier molecular flexibility index (Phi) is 5.03. The summed E-state index contributed by atoms with van der Waals surface area (Å²) in [5.41, 5.74) is -0.448. The van der Waals surface area contributed by atoms with Gasteiger partial charge in [-0.2, -0.15) is 0 Å². The summed E-state index contributed by atoms with van der Waals surface area (Å²) in [4.78, 5) is 28.8. The standard InChI is InChI=1S/C18H22F2N2O3/c1-25-10-9-21-7-2-5-18(17(21)24)6-8-22(12-18)16(23)13-3-4-14(19)15(20)11-13/h3-4,11H,2,5-10,12H2,1H3/t18-/m1/s1. The maximum absolute atomic E-state index is 13.4. The topological polar surface area (TPSA) is 49.9 Å². The third-order valence-corrected chi connectivity index (χ3v) is 5.20. The van der Waals surface area contributed by atoms with E-state index in [0.717, 1.165) is 25.0 Å². The van der Waals surface area contributed by atoms with Gasteiger partial charge in [0.15, 0.2) is 11.6 Å². The van der Waals surface area contributed by atoms with E-state index in [-0.39, 0.29) is 17.4 Å². The molecule has 0 saturated carbocycles. The fourth-order valence-corrected chi connectivity index (χ4v) is 3.80. The Balaban J connectivity index is 1.72. The van der Waals surface area contributed by atoms with Crippen molar-refractivity contribution in [3.05, 3.63) is 35.4 Å². The molecule has 0 bridgehead atoms. The third kappa shape index (κ3) is 3.38. The number of halogens is 2. The van der Waals surface area contributed by atoms with E-state index in [4.69, 9.17) is 4.74 Å². The number of benzene rings is 1. The number of carbonyl (C=O) groups is 2. The van der Waals surface area contributed by atoms with Gasteiger partial charge in [-0.1, -0.05) is 0 Å². The maximum atomic E-state index is 13.4. The number of ether oxygens (including phenoxy) is 1. The lowest BCUT2D eigenvalue weighted by Gasteiger charge is -2.39. The first-order valence-electron chi connectivity index (χ1n) is 8.49. The van der Waals surface area contributed by atoms with Crippen LogP contribution in [0.2, 0.25) is 0 Å². The highest BCUT2D eigenvalue weighted by Crippen LogP contribution is 2.40. The molecule has 1 aromatic rings. The molecule has 2 amide bonds. The van der Waals surface area contributed by atoms with Crippen LogP contribution in [0.15, 0.2) is 18.2 Å². The van der Waals surface area contributed by atoms with E-state index >= 15 is 0 Å². The molecule has 1 aromatic carbocycles. The van der Waals surface area contributed by atoms with Crippen LogP contribution in [0.1, 0.15) is 29.6 Å². The molecule has 0 unspecified atom stereocenters. The number of methoxy groups -OCH3 is 1. The molecule has 136 valence electrons. The second-order valence-electron chi connectivity index (χ2n) is 6.77. The number of carbonyl (C=O) groups excluding carboxylic acids is 2. The van der Waals surface area contributed by atoms with Crippen molar-refractivity contribution in [2.75, 3.05) is 39.9 Å². The van der Waals surface area contributed by atoms with Crippen molar-refractivity contribution in [3.63, 3.8) is 0 Å². The Morgan fingerprint density at radius 2 is 2.04 bits per heavy atom. The molecule has 3 rings (SSSR count). The quantitative estimate of drug-likeness (QED) is 0.834. The molecule has 2 saturated heterocycles. The molecule has 2 heterocycles. The molecule has 0 radical (unpaired) electrons. The van der Waals surface area contributed by atoms with Crippen molar-refractivity contribution in [1.29, 1.82) is 0 Å². The van der Waals surface area contributed by atoms with Crippen LogP contribution in [0.25, 0.3) is 0 Å². The monoisotopic (exact) mass is 352 g/mol. The van der Waals surface area contributed by atoms with Crippen molar-refractivity contribution < 1.29 is 23.1 Å². The average Bonchev–Trinajstić information content (AvgIpc) is 3.03. The average molecular weight is 352 g/mol. The first-order chi connectivity index (χ1) is 12.0. The molecule has 1 atom stereocenters. The largest absolute Gasteiger partial charge is 0.383 e. The van der Waals surface area contributed by atoms with Crippen LogP contribution in [0.3, 0.4) is 0 Å². The molecule has 2 aliphatic rings. The van der Waals surface area contributed by atoms with Crippen LogP contribution < -0.4 is 0 Å². The van der Waals surface area contributed by atoms with Crippen molar-refractivity contribution in [2.24, 2.45) is 5.41 Å². The summed E-state index contributed by atoms with van der Waals surface area (Å²) in [6.07, 6.45) is 2.24. The highest BCUT2D eigenvalue weighted by molar-refractivity contribution is 5.95. The molecule has 25 heavy (non-hydrogen) atoms. The first kappa shape index (κ1) is 17.8. The van der Waals surface area contributed by atoms with Crippen LogP contribution in [-0.4, -0.2) is 61.5 Å². The zero-order valence-corrected chi connectivity index (χ0v) is 14.3. The van der Waals surface area contributed by atoms with Crippen molar-refractivity contribution >= 4 is 11.8 Å². The SMILES string of the molecule is COCCN1CCC[C@]2(CCN(C(=O)c3ccc(F)c(F)c3)C2)C1=O. The molecule has 0 aromatic heterocycles. The summed E-state index contributed by atoms with van der Waals surface area (Å²) < 4.78 is 31.5. The van der Waals surface area contributed by atoms with Gasteiger partial charge >= 0.3 is 0 Å². The Morgan fingerprint density at radius 3 is 2.76 bits per heavy atom. The zero-order chi connectivity index (χ0) is 18.0. The van der Waals surface area contributed by atoms with Gasteiger partial charge in [-0.25, -0.2) is 8.78 Å². The van der Waals surface area contributed by atoms with Gasteiger partial charge in [0.1, 0.15) is 0 Å². The summed E-state index contributed by atoms with van der Waals surface area (Å²) in [7, 11) is 1.60. The second kappa shape index (κ2) is 7.07. The van der Waals surface area contributed by atoms with E-state index in [1.807, 2.05) is 0 Å². The van der Waals surface area contributed by atoms with Gasteiger partial charge in [0.2, 0.25) is 5.91 Å². The second-order valence-corrected chi connectivity index (χ2v) is 6.77. The minimum Gasteiger partial charge on any atom is -0.383 e. The predicted molar refractivity (Wildman–Crippen MR) is 87.0 cm³/mol. The maximum Gasteiger partial charge on any atom is 0.253 e. The van der Waals surface area contributed by atoms with E-state index in [9.17, 15) is 18.4 Å². The number of rotatable bonds is 4. The summed E-state index contributed by atoms with van der Waals surface area (Å²) >= 11 is 0. The number of hydrogen-bond donors (Lipinski definition) is 0. The normalized spacial score (nSPS) is 23.6. The lowest BCUT2D eigenvalue weighted by Crippen LogP contribution is -2.51. The lowest BCUT2D eigenvalue weighted by molar-refractivity contribution is -0.146. The van der Waals surface area contributed by atoms with Crippen LogP contribution in [0, 0.1) is 17.0 Å². The van der Waals surface area contributed by atoms with E-state index in [0.29, 0.717) is 39.2 Å². The Bertz CT molecular complexity index is 682. The number of piperidine rings is 1. The van der Waals surface area contributed by atoms with Crippen molar-refractivity contribution in [3.8, 4) is 0 Å². The molecule has 2 aliphatic heterocycles. The van der Waals surface area contributed by atoms with Gasteiger partial charge in [-0.3, -0.25) is 9.59 Å². The van der Waals surface area contributed by atoms with Gasteiger partial charge in [0.05, 0.1) is 12.0 Å². The minimum absolute atomic E-state index is 0.0661.